The highest BCUT2D eigenvalue weighted by Gasteiger charge is 1.97. The Morgan fingerprint density at radius 1 is 1.60 bits per heavy atom. The summed E-state index contributed by atoms with van der Waals surface area (Å²) in [5.41, 5.74) is 0.933. The maximum atomic E-state index is 10.1. The minimum atomic E-state index is -0.849. The molecule has 0 aliphatic heterocycles. The van der Waals surface area contributed by atoms with E-state index < -0.39 is 5.97 Å². The van der Waals surface area contributed by atoms with Crippen molar-refractivity contribution in [1.82, 2.24) is 0 Å². The van der Waals surface area contributed by atoms with Gasteiger partial charge in [0, 0.05) is 6.08 Å². The summed E-state index contributed by atoms with van der Waals surface area (Å²) in [5.74, 6) is -0.311. The van der Waals surface area contributed by atoms with Gasteiger partial charge >= 0.3 is 5.97 Å². The van der Waals surface area contributed by atoms with Crippen LogP contribution in [0.25, 0.3) is 0 Å². The topological polar surface area (TPSA) is 37.3 Å². The predicted molar refractivity (Wildman–Crippen MR) is 40.8 cm³/mol. The van der Waals surface area contributed by atoms with Crippen molar-refractivity contribution < 1.29 is 9.90 Å². The highest BCUT2D eigenvalue weighted by Crippen LogP contribution is 2.08. The quantitative estimate of drug-likeness (QED) is 0.612. The summed E-state index contributed by atoms with van der Waals surface area (Å²) in [6.07, 6.45) is 2.13. The van der Waals surface area contributed by atoms with E-state index in [2.05, 4.69) is 13.8 Å². The van der Waals surface area contributed by atoms with E-state index in [1.54, 1.807) is 0 Å². The van der Waals surface area contributed by atoms with E-state index in [9.17, 15) is 4.79 Å². The van der Waals surface area contributed by atoms with Gasteiger partial charge in [0.25, 0.3) is 0 Å². The molecule has 58 valence electrons. The van der Waals surface area contributed by atoms with Crippen LogP contribution in [0.2, 0.25) is 0 Å². The van der Waals surface area contributed by atoms with E-state index in [-0.39, 0.29) is 0 Å². The summed E-state index contributed by atoms with van der Waals surface area (Å²) in [5, 5.41) is 8.32. The molecule has 0 saturated carbocycles. The Balaban J connectivity index is 3.83. The van der Waals surface area contributed by atoms with E-state index in [0.717, 1.165) is 12.0 Å². The van der Waals surface area contributed by atoms with Crippen molar-refractivity contribution >= 4 is 5.97 Å². The molecule has 0 aliphatic carbocycles. The summed E-state index contributed by atoms with van der Waals surface area (Å²) in [6, 6.07) is 0. The number of carboxylic acids is 1. The normalized spacial score (nSPS) is 12.2. The zero-order valence-electron chi connectivity index (χ0n) is 6.72. The van der Waals surface area contributed by atoms with Crippen molar-refractivity contribution in [1.29, 1.82) is 0 Å². The third-order valence-corrected chi connectivity index (χ3v) is 1.10. The van der Waals surface area contributed by atoms with E-state index in [1.807, 2.05) is 6.92 Å². The number of carbonyl (C=O) groups is 1. The van der Waals surface area contributed by atoms with Crippen LogP contribution in [0, 0.1) is 5.92 Å². The smallest absolute Gasteiger partial charge is 0.328 e. The molecule has 2 heteroatoms. The molecular weight excluding hydrogens is 128 g/mol. The summed E-state index contributed by atoms with van der Waals surface area (Å²) >= 11 is 0. The van der Waals surface area contributed by atoms with Gasteiger partial charge in [-0.2, -0.15) is 0 Å². The summed E-state index contributed by atoms with van der Waals surface area (Å²) < 4.78 is 0. The zero-order valence-corrected chi connectivity index (χ0v) is 6.72. The molecule has 0 bridgehead atoms. The molecule has 0 radical (unpaired) electrons. The van der Waals surface area contributed by atoms with Crippen molar-refractivity contribution in [3.63, 3.8) is 0 Å². The van der Waals surface area contributed by atoms with Crippen LogP contribution in [-0.4, -0.2) is 11.1 Å². The highest BCUT2D eigenvalue weighted by molar-refractivity contribution is 5.80. The molecule has 0 rings (SSSR count). The van der Waals surface area contributed by atoms with Crippen LogP contribution in [0.1, 0.15) is 27.2 Å². The van der Waals surface area contributed by atoms with E-state index in [1.165, 1.54) is 6.08 Å². The minimum Gasteiger partial charge on any atom is -0.478 e. The molecule has 10 heavy (non-hydrogen) atoms. The van der Waals surface area contributed by atoms with E-state index >= 15 is 0 Å². The lowest BCUT2D eigenvalue weighted by Crippen LogP contribution is -1.93. The highest BCUT2D eigenvalue weighted by atomic mass is 16.4. The van der Waals surface area contributed by atoms with Crippen LogP contribution in [0.4, 0.5) is 0 Å². The second-order valence-electron chi connectivity index (χ2n) is 2.93. The first-order valence-corrected chi connectivity index (χ1v) is 3.42. The maximum Gasteiger partial charge on any atom is 0.328 e. The third kappa shape index (κ3) is 5.35. The van der Waals surface area contributed by atoms with Crippen molar-refractivity contribution in [2.45, 2.75) is 27.2 Å². The fourth-order valence-electron chi connectivity index (χ4n) is 0.914. The van der Waals surface area contributed by atoms with Gasteiger partial charge in [-0.1, -0.05) is 19.4 Å². The van der Waals surface area contributed by atoms with Gasteiger partial charge in [0.05, 0.1) is 0 Å². The molecule has 0 unspecified atom stereocenters. The van der Waals surface area contributed by atoms with Crippen molar-refractivity contribution in [3.8, 4) is 0 Å². The second-order valence-corrected chi connectivity index (χ2v) is 2.93. The molecule has 1 N–H and O–H groups in total. The molecule has 0 fully saturated rings. The molecule has 0 amide bonds. The van der Waals surface area contributed by atoms with Crippen LogP contribution >= 0.6 is 0 Å². The third-order valence-electron chi connectivity index (χ3n) is 1.10. The molecule has 0 aromatic heterocycles. The monoisotopic (exact) mass is 142 g/mol. The molecular formula is C8H14O2. The van der Waals surface area contributed by atoms with Crippen molar-refractivity contribution in [2.24, 2.45) is 5.92 Å². The van der Waals surface area contributed by atoms with Gasteiger partial charge in [0.15, 0.2) is 0 Å². The first-order valence-electron chi connectivity index (χ1n) is 3.42. The first-order chi connectivity index (χ1) is 4.52. The average molecular weight is 142 g/mol. The standard InChI is InChI=1S/C8H14O2/c1-6(2)4-7(3)5-8(9)10/h5-6H,4H2,1-3H3,(H,9,10)/b7-5+. The molecule has 0 spiro atoms. The van der Waals surface area contributed by atoms with Crippen LogP contribution in [-0.2, 0) is 4.79 Å². The SMILES string of the molecule is C/C(=C\C(=O)O)CC(C)C. The van der Waals surface area contributed by atoms with Crippen LogP contribution in [0.15, 0.2) is 11.6 Å². The number of aliphatic carboxylic acids is 1. The van der Waals surface area contributed by atoms with Gasteiger partial charge < -0.3 is 5.11 Å². The minimum absolute atomic E-state index is 0.538. The van der Waals surface area contributed by atoms with E-state index in [4.69, 9.17) is 5.11 Å². The molecule has 0 aromatic rings. The van der Waals surface area contributed by atoms with E-state index in [0.29, 0.717) is 5.92 Å². The molecule has 0 saturated heterocycles. The van der Waals surface area contributed by atoms with Gasteiger partial charge in [-0.05, 0) is 19.3 Å². The average Bonchev–Trinajstić information content (AvgIpc) is 1.58. The fraction of sp³-hybridized carbons (Fsp3) is 0.625. The molecule has 0 aliphatic rings. The lowest BCUT2D eigenvalue weighted by atomic mass is 10.0. The lowest BCUT2D eigenvalue weighted by Gasteiger charge is -2.02. The summed E-state index contributed by atoms with van der Waals surface area (Å²) in [4.78, 5) is 10.1. The number of rotatable bonds is 3. The Labute approximate surface area is 61.6 Å². The van der Waals surface area contributed by atoms with Crippen LogP contribution in [0.3, 0.4) is 0 Å². The van der Waals surface area contributed by atoms with Gasteiger partial charge in [0.2, 0.25) is 0 Å². The Morgan fingerprint density at radius 3 is 2.40 bits per heavy atom. The fourth-order valence-corrected chi connectivity index (χ4v) is 0.914. The maximum absolute atomic E-state index is 10.1. The Kier molecular flexibility index (Phi) is 3.77. The molecule has 0 aromatic carbocycles. The van der Waals surface area contributed by atoms with Crippen molar-refractivity contribution in [2.75, 3.05) is 0 Å². The largest absolute Gasteiger partial charge is 0.478 e. The Morgan fingerprint density at radius 2 is 2.10 bits per heavy atom. The number of hydrogen-bond acceptors (Lipinski definition) is 1. The Bertz CT molecular complexity index is 145. The summed E-state index contributed by atoms with van der Waals surface area (Å²) in [6.45, 7) is 5.98. The molecule has 2 nitrogen and oxygen atoms in total. The zero-order chi connectivity index (χ0) is 8.15. The number of allylic oxidation sites excluding steroid dienone is 1. The van der Waals surface area contributed by atoms with Gasteiger partial charge in [-0.25, -0.2) is 4.79 Å². The van der Waals surface area contributed by atoms with Gasteiger partial charge in [0.1, 0.15) is 0 Å². The van der Waals surface area contributed by atoms with Crippen molar-refractivity contribution in [3.05, 3.63) is 11.6 Å². The number of carboxylic acid groups (broad SMARTS) is 1. The second kappa shape index (κ2) is 4.09. The Hall–Kier alpha value is -0.790. The number of hydrogen-bond donors (Lipinski definition) is 1. The van der Waals surface area contributed by atoms with Crippen LogP contribution < -0.4 is 0 Å². The predicted octanol–water partition coefficient (Wildman–Crippen LogP) is 2.06. The van der Waals surface area contributed by atoms with Crippen LogP contribution in [0.5, 0.6) is 0 Å². The van der Waals surface area contributed by atoms with Gasteiger partial charge in [-0.15, -0.1) is 0 Å². The molecule has 0 heterocycles. The van der Waals surface area contributed by atoms with Gasteiger partial charge in [-0.3, -0.25) is 0 Å². The summed E-state index contributed by atoms with van der Waals surface area (Å²) in [7, 11) is 0. The molecule has 0 atom stereocenters. The first kappa shape index (κ1) is 9.21. The lowest BCUT2D eigenvalue weighted by molar-refractivity contribution is -0.131.